The summed E-state index contributed by atoms with van der Waals surface area (Å²) in [4.78, 5) is 24.7. The third-order valence-corrected chi connectivity index (χ3v) is 4.27. The fraction of sp³-hybridized carbons (Fsp3) is 0.143. The lowest BCUT2D eigenvalue weighted by atomic mass is 10.0. The molecule has 0 radical (unpaired) electrons. The summed E-state index contributed by atoms with van der Waals surface area (Å²) in [6.07, 6.45) is 10.5. The van der Waals surface area contributed by atoms with E-state index in [1.54, 1.807) is 30.9 Å². The van der Waals surface area contributed by atoms with E-state index in [1.165, 1.54) is 6.08 Å². The minimum Gasteiger partial charge on any atom is -0.487 e. The van der Waals surface area contributed by atoms with Crippen molar-refractivity contribution in [3.05, 3.63) is 78.5 Å². The molecule has 1 aliphatic heterocycles. The molecule has 6 nitrogen and oxygen atoms in total. The van der Waals surface area contributed by atoms with Gasteiger partial charge in [-0.3, -0.25) is 19.7 Å². The summed E-state index contributed by atoms with van der Waals surface area (Å²) in [7, 11) is 0. The van der Waals surface area contributed by atoms with Crippen LogP contribution in [-0.2, 0) is 11.2 Å². The lowest BCUT2D eigenvalue weighted by Gasteiger charge is -2.12. The van der Waals surface area contributed by atoms with Gasteiger partial charge in [-0.1, -0.05) is 18.2 Å². The smallest absolute Gasteiger partial charge is 0.244 e. The van der Waals surface area contributed by atoms with Crippen molar-refractivity contribution in [1.29, 1.82) is 0 Å². The molecule has 134 valence electrons. The highest BCUT2D eigenvalue weighted by Crippen LogP contribution is 2.37. The first-order valence-corrected chi connectivity index (χ1v) is 8.71. The monoisotopic (exact) mass is 358 g/mol. The summed E-state index contributed by atoms with van der Waals surface area (Å²) in [5.74, 6) is 0.649. The zero-order chi connectivity index (χ0) is 18.5. The number of fused-ring (bicyclic) bond motifs is 1. The van der Waals surface area contributed by atoms with Crippen molar-refractivity contribution in [2.75, 3.05) is 6.54 Å². The Morgan fingerprint density at radius 1 is 1.15 bits per heavy atom. The molecule has 2 aromatic heterocycles. The molecule has 4 rings (SSSR count). The maximum Gasteiger partial charge on any atom is 0.244 e. The van der Waals surface area contributed by atoms with Crippen LogP contribution in [0.5, 0.6) is 5.75 Å². The van der Waals surface area contributed by atoms with Crippen molar-refractivity contribution in [3.8, 4) is 17.0 Å². The van der Waals surface area contributed by atoms with Crippen molar-refractivity contribution in [3.63, 3.8) is 0 Å². The molecule has 0 aliphatic carbocycles. The summed E-state index contributed by atoms with van der Waals surface area (Å²) < 4.78 is 6.09. The summed E-state index contributed by atoms with van der Waals surface area (Å²) in [5, 5.41) is 2.88. The van der Waals surface area contributed by atoms with Crippen LogP contribution < -0.4 is 10.1 Å². The topological polar surface area (TPSA) is 77.0 Å². The molecule has 3 heterocycles. The number of nitrogens with one attached hydrogen (secondary N) is 1. The minimum absolute atomic E-state index is 0.106. The molecular weight excluding hydrogens is 340 g/mol. The van der Waals surface area contributed by atoms with Gasteiger partial charge in [-0.2, -0.15) is 0 Å². The predicted octanol–water partition coefficient (Wildman–Crippen LogP) is 2.67. The van der Waals surface area contributed by atoms with E-state index >= 15 is 0 Å². The number of para-hydroxylation sites is 1. The molecule has 1 aromatic carbocycles. The molecule has 1 amide bonds. The Morgan fingerprint density at radius 3 is 2.93 bits per heavy atom. The quantitative estimate of drug-likeness (QED) is 0.710. The van der Waals surface area contributed by atoms with Gasteiger partial charge in [0.1, 0.15) is 11.9 Å². The molecule has 0 saturated heterocycles. The van der Waals surface area contributed by atoms with Gasteiger partial charge in [0, 0.05) is 36.7 Å². The SMILES string of the molecule is O=C(C=Cc1ccccn1)NCC1Cc2cccc(-c3cnccn3)c2O1. The Morgan fingerprint density at radius 2 is 2.11 bits per heavy atom. The molecule has 27 heavy (non-hydrogen) atoms. The van der Waals surface area contributed by atoms with Crippen LogP contribution in [0, 0.1) is 0 Å². The third kappa shape index (κ3) is 4.00. The Balaban J connectivity index is 1.38. The van der Waals surface area contributed by atoms with E-state index in [-0.39, 0.29) is 12.0 Å². The molecule has 0 saturated carbocycles. The van der Waals surface area contributed by atoms with Gasteiger partial charge in [-0.05, 0) is 29.8 Å². The van der Waals surface area contributed by atoms with E-state index in [2.05, 4.69) is 20.3 Å². The van der Waals surface area contributed by atoms with Crippen molar-refractivity contribution in [2.45, 2.75) is 12.5 Å². The lowest BCUT2D eigenvalue weighted by Crippen LogP contribution is -2.33. The standard InChI is InChI=1S/C21H18N4O2/c26-20(8-7-16-5-1-2-9-23-16)25-13-17-12-15-4-3-6-18(21(15)27-17)19-14-22-10-11-24-19/h1-11,14,17H,12-13H2,(H,25,26). The zero-order valence-electron chi connectivity index (χ0n) is 14.6. The van der Waals surface area contributed by atoms with Gasteiger partial charge in [0.15, 0.2) is 0 Å². The van der Waals surface area contributed by atoms with Gasteiger partial charge in [-0.25, -0.2) is 0 Å². The molecule has 0 bridgehead atoms. The van der Waals surface area contributed by atoms with Gasteiger partial charge < -0.3 is 10.1 Å². The number of hydrogen-bond donors (Lipinski definition) is 1. The third-order valence-electron chi connectivity index (χ3n) is 4.27. The first-order valence-electron chi connectivity index (χ1n) is 8.71. The van der Waals surface area contributed by atoms with Crippen LogP contribution in [0.15, 0.2) is 67.3 Å². The van der Waals surface area contributed by atoms with Crippen LogP contribution >= 0.6 is 0 Å². The van der Waals surface area contributed by atoms with Crippen LogP contribution in [0.4, 0.5) is 0 Å². The van der Waals surface area contributed by atoms with E-state index in [1.807, 2.05) is 36.4 Å². The van der Waals surface area contributed by atoms with Crippen molar-refractivity contribution in [2.24, 2.45) is 0 Å². The molecule has 3 aromatic rings. The number of aromatic nitrogens is 3. The van der Waals surface area contributed by atoms with E-state index < -0.39 is 0 Å². The lowest BCUT2D eigenvalue weighted by molar-refractivity contribution is -0.116. The van der Waals surface area contributed by atoms with E-state index in [0.29, 0.717) is 6.54 Å². The fourth-order valence-electron chi connectivity index (χ4n) is 3.00. The highest BCUT2D eigenvalue weighted by atomic mass is 16.5. The first-order chi connectivity index (χ1) is 13.3. The minimum atomic E-state index is -0.172. The average molecular weight is 358 g/mol. The first kappa shape index (κ1) is 16.9. The number of rotatable bonds is 5. The second-order valence-electron chi connectivity index (χ2n) is 6.16. The van der Waals surface area contributed by atoms with Crippen LogP contribution in [0.3, 0.4) is 0 Å². The Bertz CT molecular complexity index is 958. The summed E-state index contributed by atoms with van der Waals surface area (Å²) in [6.45, 7) is 0.431. The van der Waals surface area contributed by atoms with Gasteiger partial charge in [0.2, 0.25) is 5.91 Å². The predicted molar refractivity (Wildman–Crippen MR) is 102 cm³/mol. The number of pyridine rings is 1. The van der Waals surface area contributed by atoms with E-state index in [9.17, 15) is 4.79 Å². The number of carbonyl (C=O) groups is 1. The number of ether oxygens (including phenoxy) is 1. The van der Waals surface area contributed by atoms with Gasteiger partial charge >= 0.3 is 0 Å². The Kier molecular flexibility index (Phi) is 4.87. The van der Waals surface area contributed by atoms with Gasteiger partial charge in [-0.15, -0.1) is 0 Å². The number of benzene rings is 1. The number of nitrogens with zero attached hydrogens (tertiary/aromatic N) is 3. The molecule has 1 unspecified atom stereocenters. The van der Waals surface area contributed by atoms with Gasteiger partial charge in [0.05, 0.1) is 24.1 Å². The maximum absolute atomic E-state index is 12.0. The Hall–Kier alpha value is -3.54. The Labute approximate surface area is 157 Å². The molecule has 0 fully saturated rings. The van der Waals surface area contributed by atoms with Crippen LogP contribution in [0.2, 0.25) is 0 Å². The zero-order valence-corrected chi connectivity index (χ0v) is 14.6. The summed E-state index contributed by atoms with van der Waals surface area (Å²) in [5.41, 5.74) is 3.55. The number of hydrogen-bond acceptors (Lipinski definition) is 5. The second kappa shape index (κ2) is 7.78. The van der Waals surface area contributed by atoms with Crippen LogP contribution in [0.1, 0.15) is 11.3 Å². The molecule has 1 aliphatic rings. The molecule has 1 atom stereocenters. The highest BCUT2D eigenvalue weighted by Gasteiger charge is 2.26. The van der Waals surface area contributed by atoms with Crippen molar-refractivity contribution >= 4 is 12.0 Å². The van der Waals surface area contributed by atoms with Crippen molar-refractivity contribution < 1.29 is 9.53 Å². The second-order valence-corrected chi connectivity index (χ2v) is 6.16. The molecule has 1 N–H and O–H groups in total. The highest BCUT2D eigenvalue weighted by molar-refractivity contribution is 5.91. The molecule has 6 heteroatoms. The van der Waals surface area contributed by atoms with E-state index in [4.69, 9.17) is 4.74 Å². The largest absolute Gasteiger partial charge is 0.487 e. The fourth-order valence-corrected chi connectivity index (χ4v) is 3.00. The molecule has 0 spiro atoms. The summed E-state index contributed by atoms with van der Waals surface area (Å²) in [6, 6.07) is 11.6. The molecular formula is C21H18N4O2. The normalized spacial score (nSPS) is 15.3. The number of carbonyl (C=O) groups excluding carboxylic acids is 1. The van der Waals surface area contributed by atoms with Crippen LogP contribution in [-0.4, -0.2) is 33.5 Å². The maximum atomic E-state index is 12.0. The van der Waals surface area contributed by atoms with Crippen LogP contribution in [0.25, 0.3) is 17.3 Å². The van der Waals surface area contributed by atoms with E-state index in [0.717, 1.165) is 34.7 Å². The van der Waals surface area contributed by atoms with Crippen molar-refractivity contribution in [1.82, 2.24) is 20.3 Å². The average Bonchev–Trinajstić information content (AvgIpc) is 3.15. The summed E-state index contributed by atoms with van der Waals surface area (Å²) >= 11 is 0. The van der Waals surface area contributed by atoms with Gasteiger partial charge in [0.25, 0.3) is 0 Å². The number of amides is 1.